The van der Waals surface area contributed by atoms with Gasteiger partial charge >= 0.3 is 0 Å². The Bertz CT molecular complexity index is 851. The number of rotatable bonds is 8. The van der Waals surface area contributed by atoms with Crippen molar-refractivity contribution in [2.45, 2.75) is 6.10 Å². The van der Waals surface area contributed by atoms with Crippen molar-refractivity contribution in [3.63, 3.8) is 0 Å². The van der Waals surface area contributed by atoms with Crippen LogP contribution in [0.15, 0.2) is 66.2 Å². The molecule has 7 heteroatoms. The minimum atomic E-state index is -0.526. The SMILES string of the molecule is O[C@@H](COc1ccc(Oc2ccccc2)cc1)CN1CCN(c2nccs2)CC1. The molecule has 4 rings (SSSR count). The molecule has 0 bridgehead atoms. The van der Waals surface area contributed by atoms with Crippen LogP contribution < -0.4 is 14.4 Å². The molecule has 1 aromatic heterocycles. The summed E-state index contributed by atoms with van der Waals surface area (Å²) >= 11 is 1.67. The van der Waals surface area contributed by atoms with Crippen molar-refractivity contribution in [1.82, 2.24) is 9.88 Å². The van der Waals surface area contributed by atoms with Gasteiger partial charge in [0.1, 0.15) is 30.0 Å². The van der Waals surface area contributed by atoms with E-state index in [0.717, 1.165) is 48.6 Å². The zero-order chi connectivity index (χ0) is 19.9. The number of aliphatic hydroxyl groups is 1. The topological polar surface area (TPSA) is 58.1 Å². The van der Waals surface area contributed by atoms with Gasteiger partial charge in [-0.2, -0.15) is 0 Å². The van der Waals surface area contributed by atoms with E-state index in [0.29, 0.717) is 6.54 Å². The summed E-state index contributed by atoms with van der Waals surface area (Å²) in [5.74, 6) is 2.27. The van der Waals surface area contributed by atoms with Gasteiger partial charge in [-0.15, -0.1) is 11.3 Å². The number of nitrogens with zero attached hydrogens (tertiary/aromatic N) is 3. The van der Waals surface area contributed by atoms with Gasteiger partial charge in [-0.25, -0.2) is 4.98 Å². The molecule has 152 valence electrons. The first-order valence-corrected chi connectivity index (χ1v) is 10.6. The second-order valence-electron chi connectivity index (χ2n) is 6.95. The van der Waals surface area contributed by atoms with Gasteiger partial charge in [0.2, 0.25) is 0 Å². The first-order valence-electron chi connectivity index (χ1n) is 9.77. The molecule has 3 aromatic rings. The van der Waals surface area contributed by atoms with E-state index in [1.54, 1.807) is 11.3 Å². The van der Waals surface area contributed by atoms with Gasteiger partial charge in [0.25, 0.3) is 0 Å². The van der Waals surface area contributed by atoms with Crippen LogP contribution in [0.3, 0.4) is 0 Å². The van der Waals surface area contributed by atoms with E-state index in [2.05, 4.69) is 14.8 Å². The average molecular weight is 412 g/mol. The highest BCUT2D eigenvalue weighted by Crippen LogP contribution is 2.23. The number of anilines is 1. The van der Waals surface area contributed by atoms with Crippen molar-refractivity contribution in [1.29, 1.82) is 0 Å². The van der Waals surface area contributed by atoms with Gasteiger partial charge in [-0.05, 0) is 36.4 Å². The summed E-state index contributed by atoms with van der Waals surface area (Å²) in [5.41, 5.74) is 0. The van der Waals surface area contributed by atoms with Crippen molar-refractivity contribution < 1.29 is 14.6 Å². The molecule has 1 N–H and O–H groups in total. The summed E-state index contributed by atoms with van der Waals surface area (Å²) in [6.45, 7) is 4.59. The first kappa shape index (κ1) is 19.7. The van der Waals surface area contributed by atoms with E-state index < -0.39 is 6.10 Å². The number of aliphatic hydroxyl groups excluding tert-OH is 1. The van der Waals surface area contributed by atoms with E-state index >= 15 is 0 Å². The third-order valence-corrected chi connectivity index (χ3v) is 5.61. The minimum absolute atomic E-state index is 0.269. The maximum Gasteiger partial charge on any atom is 0.185 e. The molecular formula is C22H25N3O3S. The normalized spacial score (nSPS) is 15.8. The van der Waals surface area contributed by atoms with Gasteiger partial charge < -0.3 is 19.5 Å². The first-order chi connectivity index (χ1) is 14.3. The zero-order valence-electron chi connectivity index (χ0n) is 16.2. The molecule has 0 saturated carbocycles. The maximum atomic E-state index is 10.3. The fourth-order valence-corrected chi connectivity index (χ4v) is 3.96. The summed E-state index contributed by atoms with van der Waals surface area (Å²) in [6, 6.07) is 17.1. The lowest BCUT2D eigenvalue weighted by Crippen LogP contribution is -2.49. The molecule has 1 fully saturated rings. The fourth-order valence-electron chi connectivity index (χ4n) is 3.27. The van der Waals surface area contributed by atoms with Crippen LogP contribution in [0.2, 0.25) is 0 Å². The lowest BCUT2D eigenvalue weighted by molar-refractivity contribution is 0.0663. The minimum Gasteiger partial charge on any atom is -0.491 e. The van der Waals surface area contributed by atoms with Crippen LogP contribution in [-0.4, -0.2) is 60.4 Å². The van der Waals surface area contributed by atoms with Gasteiger partial charge in [-0.1, -0.05) is 18.2 Å². The number of benzene rings is 2. The summed E-state index contributed by atoms with van der Waals surface area (Å²) in [4.78, 5) is 8.93. The lowest BCUT2D eigenvalue weighted by atomic mass is 10.2. The standard InChI is InChI=1S/C22H25N3O3S/c26-18(16-24-11-13-25(14-12-24)22-23-10-15-29-22)17-27-19-6-8-21(9-7-19)28-20-4-2-1-3-5-20/h1-10,15,18,26H,11-14,16-17H2/t18-/m1/s1. The van der Waals surface area contributed by atoms with Crippen LogP contribution in [0, 0.1) is 0 Å². The Morgan fingerprint density at radius 2 is 1.62 bits per heavy atom. The molecule has 1 saturated heterocycles. The van der Waals surface area contributed by atoms with Crippen molar-refractivity contribution in [3.8, 4) is 17.2 Å². The monoisotopic (exact) mass is 411 g/mol. The Morgan fingerprint density at radius 3 is 2.31 bits per heavy atom. The van der Waals surface area contributed by atoms with Gasteiger partial charge in [-0.3, -0.25) is 4.90 Å². The molecule has 0 unspecified atom stereocenters. The number of β-amino-alcohol motifs (C(OH)–C–C–N with tert-alkyl or cyclic N) is 1. The quantitative estimate of drug-likeness (QED) is 0.612. The second kappa shape index (κ2) is 9.73. The fraction of sp³-hybridized carbons (Fsp3) is 0.318. The molecule has 2 heterocycles. The van der Waals surface area contributed by atoms with Gasteiger partial charge in [0.05, 0.1) is 0 Å². The number of hydrogen-bond donors (Lipinski definition) is 1. The summed E-state index contributed by atoms with van der Waals surface area (Å²) in [5, 5.41) is 13.4. The van der Waals surface area contributed by atoms with E-state index in [4.69, 9.17) is 9.47 Å². The van der Waals surface area contributed by atoms with Crippen molar-refractivity contribution >= 4 is 16.5 Å². The molecule has 1 aliphatic rings. The number of hydrogen-bond acceptors (Lipinski definition) is 7. The summed E-state index contributed by atoms with van der Waals surface area (Å²) in [6.07, 6.45) is 1.31. The molecule has 0 radical (unpaired) electrons. The molecule has 1 atom stereocenters. The lowest BCUT2D eigenvalue weighted by Gasteiger charge is -2.35. The number of aromatic nitrogens is 1. The maximum absolute atomic E-state index is 10.3. The van der Waals surface area contributed by atoms with Crippen molar-refractivity contribution in [2.24, 2.45) is 0 Å². The molecule has 0 aliphatic carbocycles. The summed E-state index contributed by atoms with van der Waals surface area (Å²) < 4.78 is 11.5. The third-order valence-electron chi connectivity index (χ3n) is 4.78. The van der Waals surface area contributed by atoms with Crippen LogP contribution >= 0.6 is 11.3 Å². The molecular weight excluding hydrogens is 386 g/mol. The Balaban J connectivity index is 1.18. The average Bonchev–Trinajstić information content (AvgIpc) is 3.30. The highest BCUT2D eigenvalue weighted by molar-refractivity contribution is 7.13. The number of para-hydroxylation sites is 1. The molecule has 0 spiro atoms. The van der Waals surface area contributed by atoms with Crippen LogP contribution in [0.1, 0.15) is 0 Å². The van der Waals surface area contributed by atoms with Crippen LogP contribution in [0.4, 0.5) is 5.13 Å². The Kier molecular flexibility index (Phi) is 6.61. The molecule has 29 heavy (non-hydrogen) atoms. The molecule has 2 aromatic carbocycles. The van der Waals surface area contributed by atoms with Crippen LogP contribution in [0.5, 0.6) is 17.2 Å². The van der Waals surface area contributed by atoms with Gasteiger partial charge in [0, 0.05) is 44.3 Å². The van der Waals surface area contributed by atoms with Crippen molar-refractivity contribution in [3.05, 3.63) is 66.2 Å². The zero-order valence-corrected chi connectivity index (χ0v) is 17.0. The predicted octanol–water partition coefficient (Wildman–Crippen LogP) is 3.50. The molecule has 0 amide bonds. The van der Waals surface area contributed by atoms with Crippen LogP contribution in [-0.2, 0) is 0 Å². The third kappa shape index (κ3) is 5.69. The number of thiazole rings is 1. The highest BCUT2D eigenvalue weighted by atomic mass is 32.1. The second-order valence-corrected chi connectivity index (χ2v) is 7.83. The van der Waals surface area contributed by atoms with Gasteiger partial charge in [0.15, 0.2) is 5.13 Å². The van der Waals surface area contributed by atoms with E-state index in [-0.39, 0.29) is 6.61 Å². The number of ether oxygens (including phenoxy) is 2. The predicted molar refractivity (Wildman–Crippen MR) is 115 cm³/mol. The Hall–Kier alpha value is -2.61. The smallest absolute Gasteiger partial charge is 0.185 e. The van der Waals surface area contributed by atoms with Crippen LogP contribution in [0.25, 0.3) is 0 Å². The molecule has 1 aliphatic heterocycles. The largest absolute Gasteiger partial charge is 0.491 e. The van der Waals surface area contributed by atoms with E-state index in [9.17, 15) is 5.11 Å². The van der Waals surface area contributed by atoms with Crippen molar-refractivity contribution in [2.75, 3.05) is 44.2 Å². The Labute approximate surface area is 174 Å². The van der Waals surface area contributed by atoms with E-state index in [1.165, 1.54) is 0 Å². The highest BCUT2D eigenvalue weighted by Gasteiger charge is 2.20. The summed E-state index contributed by atoms with van der Waals surface area (Å²) in [7, 11) is 0. The van der Waals surface area contributed by atoms with E-state index in [1.807, 2.05) is 66.2 Å². The molecule has 6 nitrogen and oxygen atoms in total. The number of piperazine rings is 1. The Morgan fingerprint density at radius 1 is 0.931 bits per heavy atom.